The van der Waals surface area contributed by atoms with Crippen molar-refractivity contribution in [2.75, 3.05) is 0 Å². The van der Waals surface area contributed by atoms with Gasteiger partial charge in [-0.05, 0) is 25.1 Å². The van der Waals surface area contributed by atoms with Crippen LogP contribution in [0.1, 0.15) is 27.2 Å². The Morgan fingerprint density at radius 2 is 1.90 bits per heavy atom. The number of furan rings is 1. The van der Waals surface area contributed by atoms with Crippen molar-refractivity contribution in [3.63, 3.8) is 0 Å². The topological polar surface area (TPSA) is 54.0 Å². The highest BCUT2D eigenvalue weighted by Gasteiger charge is 2.19. The molecule has 1 heterocycles. The van der Waals surface area contributed by atoms with E-state index in [0.717, 1.165) is 10.9 Å². The number of hydrogen-bond donors (Lipinski definition) is 0. The van der Waals surface area contributed by atoms with Gasteiger partial charge >= 0.3 is 0 Å². The summed E-state index contributed by atoms with van der Waals surface area (Å²) in [5.41, 5.74) is 2.54. The van der Waals surface area contributed by atoms with Crippen LogP contribution in [0.5, 0.6) is 0 Å². The van der Waals surface area contributed by atoms with E-state index >= 15 is 0 Å². The van der Waals surface area contributed by atoms with Gasteiger partial charge in [0, 0.05) is 16.5 Å². The highest BCUT2D eigenvalue weighted by atomic mass is 16.3. The van der Waals surface area contributed by atoms with Crippen molar-refractivity contribution in [1.82, 2.24) is 0 Å². The summed E-state index contributed by atoms with van der Waals surface area (Å²) < 4.78 is 5.66. The van der Waals surface area contributed by atoms with E-state index in [1.165, 1.54) is 0 Å². The predicted molar refractivity (Wildman–Crippen MR) is 75.5 cm³/mol. The number of fused-ring (bicyclic) bond motifs is 1. The Morgan fingerprint density at radius 3 is 2.60 bits per heavy atom. The molecular weight excluding hydrogens is 250 g/mol. The number of aryl methyl sites for hydroxylation is 1. The zero-order valence-electron chi connectivity index (χ0n) is 10.9. The molecule has 0 saturated heterocycles. The fraction of sp³-hybridized carbons (Fsp3) is 0.0588. The Bertz CT molecular complexity index is 839. The molecular formula is C17H11NO2. The van der Waals surface area contributed by atoms with Gasteiger partial charge in [0.1, 0.15) is 5.58 Å². The fourth-order valence-corrected chi connectivity index (χ4v) is 2.23. The van der Waals surface area contributed by atoms with Crippen LogP contribution in [0.25, 0.3) is 11.0 Å². The Morgan fingerprint density at radius 1 is 1.15 bits per heavy atom. The molecule has 1 aromatic heterocycles. The molecule has 0 amide bonds. The first-order chi connectivity index (χ1) is 9.70. The van der Waals surface area contributed by atoms with E-state index < -0.39 is 0 Å². The molecule has 0 aliphatic carbocycles. The molecule has 2 aromatic carbocycles. The molecule has 3 aromatic rings. The lowest BCUT2D eigenvalue weighted by Crippen LogP contribution is -2.00. The molecule has 0 saturated carbocycles. The van der Waals surface area contributed by atoms with Gasteiger partial charge in [-0.2, -0.15) is 5.26 Å². The van der Waals surface area contributed by atoms with Crippen LogP contribution < -0.4 is 0 Å². The largest absolute Gasteiger partial charge is 0.452 e. The monoisotopic (exact) mass is 261 g/mol. The number of benzene rings is 2. The number of carbonyl (C=O) groups is 1. The molecule has 96 valence electrons. The van der Waals surface area contributed by atoms with Crippen molar-refractivity contribution in [2.24, 2.45) is 0 Å². The summed E-state index contributed by atoms with van der Waals surface area (Å²) in [6, 6.07) is 16.3. The van der Waals surface area contributed by atoms with Crippen LogP contribution >= 0.6 is 0 Å². The van der Waals surface area contributed by atoms with Crippen molar-refractivity contribution in [2.45, 2.75) is 6.92 Å². The summed E-state index contributed by atoms with van der Waals surface area (Å²) in [5, 5.41) is 9.74. The van der Waals surface area contributed by atoms with Crippen LogP contribution in [0, 0.1) is 18.3 Å². The molecule has 0 N–H and O–H groups in total. The minimum Gasteiger partial charge on any atom is -0.452 e. The third kappa shape index (κ3) is 1.88. The van der Waals surface area contributed by atoms with E-state index in [2.05, 4.69) is 6.07 Å². The number of rotatable bonds is 2. The minimum atomic E-state index is -0.141. The summed E-state index contributed by atoms with van der Waals surface area (Å²) in [6.45, 7) is 1.84. The summed E-state index contributed by atoms with van der Waals surface area (Å²) in [7, 11) is 0. The summed E-state index contributed by atoms with van der Waals surface area (Å²) in [5.74, 6) is 0.194. The van der Waals surface area contributed by atoms with Crippen molar-refractivity contribution >= 4 is 16.8 Å². The molecule has 0 bridgehead atoms. The van der Waals surface area contributed by atoms with E-state index in [0.29, 0.717) is 22.5 Å². The van der Waals surface area contributed by atoms with Gasteiger partial charge in [0.05, 0.1) is 11.6 Å². The Balaban J connectivity index is 2.16. The van der Waals surface area contributed by atoms with E-state index in [9.17, 15) is 4.79 Å². The molecule has 3 heteroatoms. The fourth-order valence-electron chi connectivity index (χ4n) is 2.23. The van der Waals surface area contributed by atoms with Gasteiger partial charge in [0.15, 0.2) is 5.76 Å². The maximum atomic E-state index is 12.4. The van der Waals surface area contributed by atoms with Crippen LogP contribution in [0.2, 0.25) is 0 Å². The molecule has 0 radical (unpaired) electrons. The number of nitrogens with zero attached hydrogens (tertiary/aromatic N) is 1. The number of ketones is 1. The molecule has 0 fully saturated rings. The summed E-state index contributed by atoms with van der Waals surface area (Å²) >= 11 is 0. The van der Waals surface area contributed by atoms with Crippen molar-refractivity contribution in [1.29, 1.82) is 5.26 Å². The standard InChI is InChI=1S/C17H11NO2/c1-11-14-9-12(10-18)7-8-15(14)20-17(11)16(19)13-5-3-2-4-6-13/h2-9H,1H3. The van der Waals surface area contributed by atoms with E-state index in [1.807, 2.05) is 25.1 Å². The van der Waals surface area contributed by atoms with Gasteiger partial charge in [0.25, 0.3) is 0 Å². The quantitative estimate of drug-likeness (QED) is 0.658. The average molecular weight is 261 g/mol. The van der Waals surface area contributed by atoms with Crippen LogP contribution in [-0.2, 0) is 0 Å². The normalized spacial score (nSPS) is 10.4. The second kappa shape index (κ2) is 4.67. The summed E-state index contributed by atoms with van der Waals surface area (Å²) in [4.78, 5) is 12.4. The Hall–Kier alpha value is -2.86. The van der Waals surface area contributed by atoms with Gasteiger partial charge < -0.3 is 4.42 Å². The first-order valence-electron chi connectivity index (χ1n) is 6.23. The van der Waals surface area contributed by atoms with Crippen LogP contribution in [0.4, 0.5) is 0 Å². The third-order valence-corrected chi connectivity index (χ3v) is 3.31. The lowest BCUT2D eigenvalue weighted by atomic mass is 10.0. The van der Waals surface area contributed by atoms with Gasteiger partial charge in [0.2, 0.25) is 5.78 Å². The van der Waals surface area contributed by atoms with Crippen molar-refractivity contribution < 1.29 is 9.21 Å². The minimum absolute atomic E-state index is 0.141. The third-order valence-electron chi connectivity index (χ3n) is 3.31. The molecule has 0 atom stereocenters. The molecule has 3 rings (SSSR count). The smallest absolute Gasteiger partial charge is 0.228 e. The molecule has 0 unspecified atom stereocenters. The Labute approximate surface area is 116 Å². The van der Waals surface area contributed by atoms with E-state index in [-0.39, 0.29) is 5.78 Å². The van der Waals surface area contributed by atoms with E-state index in [4.69, 9.17) is 9.68 Å². The molecule has 0 aliphatic rings. The van der Waals surface area contributed by atoms with Crippen LogP contribution in [0.3, 0.4) is 0 Å². The molecule has 0 spiro atoms. The van der Waals surface area contributed by atoms with Gasteiger partial charge in [-0.1, -0.05) is 30.3 Å². The Kier molecular flexibility index (Phi) is 2.85. The predicted octanol–water partition coefficient (Wildman–Crippen LogP) is 3.84. The maximum Gasteiger partial charge on any atom is 0.228 e. The van der Waals surface area contributed by atoms with Gasteiger partial charge in [-0.15, -0.1) is 0 Å². The van der Waals surface area contributed by atoms with Crippen LogP contribution in [-0.4, -0.2) is 5.78 Å². The molecule has 0 aliphatic heterocycles. The average Bonchev–Trinajstić information content (AvgIpc) is 2.84. The van der Waals surface area contributed by atoms with Gasteiger partial charge in [-0.3, -0.25) is 4.79 Å². The second-order valence-electron chi connectivity index (χ2n) is 4.57. The number of carbonyl (C=O) groups excluding carboxylic acids is 1. The first kappa shape index (κ1) is 12.2. The van der Waals surface area contributed by atoms with Gasteiger partial charge in [-0.25, -0.2) is 0 Å². The van der Waals surface area contributed by atoms with Crippen molar-refractivity contribution in [3.05, 3.63) is 71.0 Å². The highest BCUT2D eigenvalue weighted by Crippen LogP contribution is 2.27. The zero-order chi connectivity index (χ0) is 14.1. The molecule has 3 nitrogen and oxygen atoms in total. The maximum absolute atomic E-state index is 12.4. The number of hydrogen-bond acceptors (Lipinski definition) is 3. The highest BCUT2D eigenvalue weighted by molar-refractivity contribution is 6.10. The van der Waals surface area contributed by atoms with E-state index in [1.54, 1.807) is 30.3 Å². The number of nitriles is 1. The van der Waals surface area contributed by atoms with Crippen LogP contribution in [0.15, 0.2) is 52.9 Å². The molecule has 20 heavy (non-hydrogen) atoms. The lowest BCUT2D eigenvalue weighted by molar-refractivity contribution is 0.101. The first-order valence-corrected chi connectivity index (χ1v) is 6.23. The SMILES string of the molecule is Cc1c(C(=O)c2ccccc2)oc2ccc(C#N)cc12. The summed E-state index contributed by atoms with van der Waals surface area (Å²) in [6.07, 6.45) is 0. The lowest BCUT2D eigenvalue weighted by Gasteiger charge is -1.98. The van der Waals surface area contributed by atoms with Crippen molar-refractivity contribution in [3.8, 4) is 6.07 Å². The second-order valence-corrected chi connectivity index (χ2v) is 4.57. The zero-order valence-corrected chi connectivity index (χ0v) is 10.9.